The summed E-state index contributed by atoms with van der Waals surface area (Å²) in [5, 5.41) is 2.63. The molecule has 0 aliphatic carbocycles. The summed E-state index contributed by atoms with van der Waals surface area (Å²) in [7, 11) is 0. The Balaban J connectivity index is 1.46. The van der Waals surface area contributed by atoms with E-state index in [9.17, 15) is 27.6 Å². The van der Waals surface area contributed by atoms with E-state index in [0.717, 1.165) is 17.8 Å². The third-order valence-electron chi connectivity index (χ3n) is 7.06. The summed E-state index contributed by atoms with van der Waals surface area (Å²) in [6, 6.07) is 14.3. The van der Waals surface area contributed by atoms with Crippen LogP contribution in [0.2, 0.25) is 0 Å². The van der Waals surface area contributed by atoms with Gasteiger partial charge in [0.2, 0.25) is 11.8 Å². The Morgan fingerprint density at radius 2 is 1.70 bits per heavy atom. The number of hydrogen-bond donors (Lipinski definition) is 1. The molecule has 198 valence electrons. The predicted octanol–water partition coefficient (Wildman–Crippen LogP) is 3.65. The van der Waals surface area contributed by atoms with E-state index in [1.807, 2.05) is 49.1 Å². The van der Waals surface area contributed by atoms with Gasteiger partial charge in [-0.1, -0.05) is 44.2 Å². The van der Waals surface area contributed by atoms with Crippen LogP contribution in [0.1, 0.15) is 37.8 Å². The normalized spacial score (nSPS) is 17.6. The Morgan fingerprint density at radius 1 is 1.03 bits per heavy atom. The molecule has 0 bridgehead atoms. The number of benzene rings is 2. The van der Waals surface area contributed by atoms with E-state index in [1.54, 1.807) is 4.90 Å². The van der Waals surface area contributed by atoms with Crippen LogP contribution in [0.4, 0.5) is 18.9 Å². The van der Waals surface area contributed by atoms with Crippen LogP contribution in [-0.4, -0.2) is 59.4 Å². The van der Waals surface area contributed by atoms with Gasteiger partial charge < -0.3 is 20.0 Å². The topological polar surface area (TPSA) is 73.0 Å². The van der Waals surface area contributed by atoms with E-state index in [2.05, 4.69) is 5.32 Å². The van der Waals surface area contributed by atoms with Crippen molar-refractivity contribution >= 4 is 23.4 Å². The fourth-order valence-electron chi connectivity index (χ4n) is 5.07. The zero-order valence-electron chi connectivity index (χ0n) is 20.9. The van der Waals surface area contributed by atoms with E-state index in [4.69, 9.17) is 0 Å². The highest BCUT2D eigenvalue weighted by molar-refractivity contribution is 5.96. The monoisotopic (exact) mass is 516 g/mol. The van der Waals surface area contributed by atoms with Crippen LogP contribution in [0.15, 0.2) is 54.6 Å². The Morgan fingerprint density at radius 3 is 2.32 bits per heavy atom. The second-order valence-corrected chi connectivity index (χ2v) is 9.89. The van der Waals surface area contributed by atoms with Gasteiger partial charge in [0.1, 0.15) is 12.1 Å². The summed E-state index contributed by atoms with van der Waals surface area (Å²) in [6.07, 6.45) is -3.57. The van der Waals surface area contributed by atoms with Gasteiger partial charge in [-0.05, 0) is 42.7 Å². The van der Waals surface area contributed by atoms with Crippen molar-refractivity contribution in [2.45, 2.75) is 44.9 Å². The van der Waals surface area contributed by atoms with Crippen molar-refractivity contribution in [3.63, 3.8) is 0 Å². The molecule has 0 saturated carbocycles. The highest BCUT2D eigenvalue weighted by atomic mass is 19.4. The maximum absolute atomic E-state index is 13.7. The minimum absolute atomic E-state index is 0.0531. The molecule has 2 fully saturated rings. The average molecular weight is 517 g/mol. The van der Waals surface area contributed by atoms with E-state index >= 15 is 0 Å². The van der Waals surface area contributed by atoms with Gasteiger partial charge in [-0.15, -0.1) is 0 Å². The number of para-hydroxylation sites is 1. The van der Waals surface area contributed by atoms with Crippen molar-refractivity contribution in [1.29, 1.82) is 0 Å². The maximum atomic E-state index is 13.7. The van der Waals surface area contributed by atoms with Crippen LogP contribution in [0.3, 0.4) is 0 Å². The van der Waals surface area contributed by atoms with Crippen LogP contribution in [-0.2, 0) is 27.1 Å². The van der Waals surface area contributed by atoms with E-state index in [-0.39, 0.29) is 37.5 Å². The molecule has 0 aromatic heterocycles. The van der Waals surface area contributed by atoms with Gasteiger partial charge in [0.05, 0.1) is 12.2 Å². The molecule has 0 radical (unpaired) electrons. The van der Waals surface area contributed by atoms with E-state index in [1.165, 1.54) is 17.0 Å². The molecule has 0 atom stereocenters. The van der Waals surface area contributed by atoms with Gasteiger partial charge in [-0.25, -0.2) is 0 Å². The quantitative estimate of drug-likeness (QED) is 0.637. The van der Waals surface area contributed by atoms with Crippen molar-refractivity contribution in [2.75, 3.05) is 31.2 Å². The number of alkyl halides is 3. The minimum Gasteiger partial charge on any atom is -0.350 e. The zero-order chi connectivity index (χ0) is 26.8. The average Bonchev–Trinajstić information content (AvgIpc) is 3.13. The lowest BCUT2D eigenvalue weighted by Gasteiger charge is -2.43. The lowest BCUT2D eigenvalue weighted by Crippen LogP contribution is -2.57. The summed E-state index contributed by atoms with van der Waals surface area (Å²) in [5.41, 5.74) is -0.472. The van der Waals surface area contributed by atoms with Crippen LogP contribution in [0.25, 0.3) is 0 Å². The standard InChI is InChI=1S/C27H31F3N4O3/c1-19(2)24(36)32-13-11-26(12-14-32)25(37)33(18-34(26)22-9-4-3-5-10-22)17-23(35)31-16-20-7-6-8-21(15-20)27(28,29)30/h3-10,15,19H,11-14,16-18H2,1-2H3,(H,31,35). The summed E-state index contributed by atoms with van der Waals surface area (Å²) in [6.45, 7) is 4.51. The lowest BCUT2D eigenvalue weighted by molar-refractivity contribution is -0.141. The summed E-state index contributed by atoms with van der Waals surface area (Å²) in [5.74, 6) is -0.710. The first kappa shape index (κ1) is 26.5. The molecule has 2 heterocycles. The smallest absolute Gasteiger partial charge is 0.350 e. The molecule has 4 rings (SSSR count). The Kier molecular flexibility index (Phi) is 7.47. The number of piperidine rings is 1. The SMILES string of the molecule is CC(C)C(=O)N1CCC2(CC1)C(=O)N(CC(=O)NCc1cccc(C(F)(F)F)c1)CN2c1ccccc1. The van der Waals surface area contributed by atoms with Crippen LogP contribution < -0.4 is 10.2 Å². The van der Waals surface area contributed by atoms with Crippen molar-refractivity contribution in [3.8, 4) is 0 Å². The second kappa shape index (κ2) is 10.4. The molecule has 10 heteroatoms. The van der Waals surface area contributed by atoms with Gasteiger partial charge in [-0.2, -0.15) is 13.2 Å². The molecule has 1 N–H and O–H groups in total. The molecule has 3 amide bonds. The third kappa shape index (κ3) is 5.57. The summed E-state index contributed by atoms with van der Waals surface area (Å²) < 4.78 is 38.9. The zero-order valence-corrected chi connectivity index (χ0v) is 20.9. The number of likely N-dealkylation sites (tertiary alicyclic amines) is 1. The van der Waals surface area contributed by atoms with Crippen molar-refractivity contribution < 1.29 is 27.6 Å². The number of nitrogens with one attached hydrogen (secondary N) is 1. The van der Waals surface area contributed by atoms with Gasteiger partial charge in [0.25, 0.3) is 5.91 Å². The van der Waals surface area contributed by atoms with Crippen LogP contribution in [0, 0.1) is 5.92 Å². The van der Waals surface area contributed by atoms with Crippen molar-refractivity contribution in [3.05, 3.63) is 65.7 Å². The van der Waals surface area contributed by atoms with E-state index in [0.29, 0.717) is 31.5 Å². The largest absolute Gasteiger partial charge is 0.416 e. The first-order chi connectivity index (χ1) is 17.5. The lowest BCUT2D eigenvalue weighted by atomic mass is 9.85. The number of halogens is 3. The molecule has 37 heavy (non-hydrogen) atoms. The molecule has 2 aromatic rings. The molecular formula is C27H31F3N4O3. The molecular weight excluding hydrogens is 485 g/mol. The molecule has 2 saturated heterocycles. The Labute approximate surface area is 214 Å². The Hall–Kier alpha value is -3.56. The number of amides is 3. The van der Waals surface area contributed by atoms with Crippen LogP contribution >= 0.6 is 0 Å². The number of rotatable bonds is 6. The molecule has 1 spiro atoms. The Bertz CT molecular complexity index is 1150. The number of anilines is 1. The molecule has 7 nitrogen and oxygen atoms in total. The van der Waals surface area contributed by atoms with Gasteiger partial charge in [-0.3, -0.25) is 14.4 Å². The fraction of sp³-hybridized carbons (Fsp3) is 0.444. The fourth-order valence-corrected chi connectivity index (χ4v) is 5.07. The molecule has 2 aromatic carbocycles. The first-order valence-corrected chi connectivity index (χ1v) is 12.3. The highest BCUT2D eigenvalue weighted by Gasteiger charge is 2.54. The summed E-state index contributed by atoms with van der Waals surface area (Å²) >= 11 is 0. The minimum atomic E-state index is -4.47. The molecule has 0 unspecified atom stereocenters. The second-order valence-electron chi connectivity index (χ2n) is 9.89. The number of hydrogen-bond acceptors (Lipinski definition) is 4. The van der Waals surface area contributed by atoms with Crippen molar-refractivity contribution in [2.24, 2.45) is 5.92 Å². The third-order valence-corrected chi connectivity index (χ3v) is 7.06. The maximum Gasteiger partial charge on any atom is 0.416 e. The van der Waals surface area contributed by atoms with Gasteiger partial charge in [0.15, 0.2) is 0 Å². The van der Waals surface area contributed by atoms with Crippen LogP contribution in [0.5, 0.6) is 0 Å². The van der Waals surface area contributed by atoms with Gasteiger partial charge in [0, 0.05) is 31.2 Å². The van der Waals surface area contributed by atoms with Gasteiger partial charge >= 0.3 is 6.18 Å². The van der Waals surface area contributed by atoms with Crippen molar-refractivity contribution in [1.82, 2.24) is 15.1 Å². The highest BCUT2D eigenvalue weighted by Crippen LogP contribution is 2.39. The summed E-state index contributed by atoms with van der Waals surface area (Å²) in [4.78, 5) is 44.2. The molecule has 2 aliphatic rings. The predicted molar refractivity (Wildman–Crippen MR) is 132 cm³/mol. The number of carbonyl (C=O) groups is 3. The molecule has 2 aliphatic heterocycles. The number of carbonyl (C=O) groups excluding carboxylic acids is 3. The van der Waals surface area contributed by atoms with E-state index < -0.39 is 23.2 Å². The first-order valence-electron chi connectivity index (χ1n) is 12.3. The number of nitrogens with zero attached hydrogens (tertiary/aromatic N) is 3.